The summed E-state index contributed by atoms with van der Waals surface area (Å²) in [6.07, 6.45) is 0. The summed E-state index contributed by atoms with van der Waals surface area (Å²) < 4.78 is 5.24. The van der Waals surface area contributed by atoms with Crippen LogP contribution in [0.1, 0.15) is 21.5 Å². The molecule has 0 fully saturated rings. The number of amides is 1. The number of methoxy groups -OCH3 is 1. The molecule has 1 amide bonds. The molecule has 21 heavy (non-hydrogen) atoms. The molecule has 0 atom stereocenters. The first kappa shape index (κ1) is 14.9. The van der Waals surface area contributed by atoms with Crippen LogP contribution in [0.5, 0.6) is 5.75 Å². The summed E-state index contributed by atoms with van der Waals surface area (Å²) in [5.74, 6) is 0.352. The van der Waals surface area contributed by atoms with Crippen molar-refractivity contribution in [3.8, 4) is 5.75 Å². The van der Waals surface area contributed by atoms with E-state index in [1.165, 1.54) is 7.11 Å². The highest BCUT2D eigenvalue weighted by Crippen LogP contribution is 2.26. The van der Waals surface area contributed by atoms with Gasteiger partial charge in [0.15, 0.2) is 0 Å². The van der Waals surface area contributed by atoms with Gasteiger partial charge in [-0.05, 0) is 30.2 Å². The van der Waals surface area contributed by atoms with Crippen LogP contribution in [0.2, 0.25) is 0 Å². The molecule has 0 saturated heterocycles. The highest BCUT2D eigenvalue weighted by molar-refractivity contribution is 6.01. The van der Waals surface area contributed by atoms with Gasteiger partial charge in [0.2, 0.25) is 0 Å². The van der Waals surface area contributed by atoms with Gasteiger partial charge >= 0.3 is 0 Å². The fraction of sp³-hybridized carbons (Fsp3) is 0.235. The first-order chi connectivity index (χ1) is 10.0. The van der Waals surface area contributed by atoms with Crippen molar-refractivity contribution >= 4 is 11.6 Å². The molecule has 0 aliphatic carbocycles. The number of nitrogens with zero attached hydrogens (tertiary/aromatic N) is 1. The fourth-order valence-electron chi connectivity index (χ4n) is 2.25. The van der Waals surface area contributed by atoms with E-state index in [1.54, 1.807) is 30.1 Å². The third-order valence-electron chi connectivity index (χ3n) is 3.51. The van der Waals surface area contributed by atoms with E-state index >= 15 is 0 Å². The summed E-state index contributed by atoms with van der Waals surface area (Å²) in [5, 5.41) is 0. The van der Waals surface area contributed by atoms with Crippen LogP contribution in [0.4, 0.5) is 5.69 Å². The Morgan fingerprint density at radius 3 is 2.57 bits per heavy atom. The molecule has 0 radical (unpaired) electrons. The number of anilines is 1. The lowest BCUT2D eigenvalue weighted by Gasteiger charge is -2.20. The second kappa shape index (κ2) is 6.31. The Hall–Kier alpha value is -2.49. The molecule has 0 aliphatic heterocycles. The van der Waals surface area contributed by atoms with Crippen molar-refractivity contribution in [3.05, 3.63) is 59.2 Å². The van der Waals surface area contributed by atoms with Gasteiger partial charge in [-0.2, -0.15) is 0 Å². The lowest BCUT2D eigenvalue weighted by molar-refractivity contribution is 0.0782. The van der Waals surface area contributed by atoms with E-state index < -0.39 is 0 Å². The molecule has 4 nitrogen and oxygen atoms in total. The molecular formula is C17H20N2O2. The maximum atomic E-state index is 12.6. The van der Waals surface area contributed by atoms with E-state index in [0.29, 0.717) is 23.5 Å². The number of hydrogen-bond donors (Lipinski definition) is 1. The molecule has 0 bridgehead atoms. The average molecular weight is 284 g/mol. The molecule has 4 heteroatoms. The lowest BCUT2D eigenvalue weighted by atomic mass is 10.1. The van der Waals surface area contributed by atoms with E-state index in [-0.39, 0.29) is 5.91 Å². The molecule has 110 valence electrons. The first-order valence-corrected chi connectivity index (χ1v) is 6.77. The van der Waals surface area contributed by atoms with Gasteiger partial charge in [0.05, 0.1) is 7.11 Å². The summed E-state index contributed by atoms with van der Waals surface area (Å²) >= 11 is 0. The highest BCUT2D eigenvalue weighted by atomic mass is 16.5. The maximum Gasteiger partial charge on any atom is 0.259 e. The molecule has 2 N–H and O–H groups in total. The number of benzene rings is 2. The molecule has 2 aromatic carbocycles. The molecule has 0 unspecified atom stereocenters. The van der Waals surface area contributed by atoms with Gasteiger partial charge in [-0.3, -0.25) is 4.79 Å². The smallest absolute Gasteiger partial charge is 0.259 e. The Morgan fingerprint density at radius 2 is 1.90 bits per heavy atom. The highest BCUT2D eigenvalue weighted by Gasteiger charge is 2.20. The Bertz CT molecular complexity index is 653. The van der Waals surface area contributed by atoms with E-state index in [4.69, 9.17) is 10.5 Å². The van der Waals surface area contributed by atoms with Gasteiger partial charge in [-0.1, -0.05) is 30.3 Å². The summed E-state index contributed by atoms with van der Waals surface area (Å²) in [5.41, 5.74) is 9.04. The Morgan fingerprint density at radius 1 is 1.19 bits per heavy atom. The topological polar surface area (TPSA) is 55.6 Å². The monoisotopic (exact) mass is 284 g/mol. The van der Waals surface area contributed by atoms with E-state index in [1.807, 2.05) is 31.2 Å². The third-order valence-corrected chi connectivity index (χ3v) is 3.51. The predicted octanol–water partition coefficient (Wildman–Crippen LogP) is 2.86. The number of hydrogen-bond acceptors (Lipinski definition) is 3. The molecule has 0 saturated carbocycles. The normalized spacial score (nSPS) is 10.2. The molecule has 0 spiro atoms. The first-order valence-electron chi connectivity index (χ1n) is 6.77. The van der Waals surface area contributed by atoms with E-state index in [2.05, 4.69) is 0 Å². The zero-order valence-corrected chi connectivity index (χ0v) is 12.6. The Kier molecular flexibility index (Phi) is 4.48. The van der Waals surface area contributed by atoms with Gasteiger partial charge in [-0.25, -0.2) is 0 Å². The second-order valence-electron chi connectivity index (χ2n) is 5.01. The molecule has 0 aliphatic rings. The average Bonchev–Trinajstić information content (AvgIpc) is 2.48. The molecule has 2 aromatic rings. The summed E-state index contributed by atoms with van der Waals surface area (Å²) in [6.45, 7) is 2.56. The quantitative estimate of drug-likeness (QED) is 0.878. The Balaban J connectivity index is 2.26. The van der Waals surface area contributed by atoms with Crippen LogP contribution in [0, 0.1) is 6.92 Å². The van der Waals surface area contributed by atoms with Crippen LogP contribution in [0.3, 0.4) is 0 Å². The van der Waals surface area contributed by atoms with Crippen molar-refractivity contribution < 1.29 is 9.53 Å². The molecular weight excluding hydrogens is 264 g/mol. The fourth-order valence-corrected chi connectivity index (χ4v) is 2.25. The zero-order chi connectivity index (χ0) is 15.4. The SMILES string of the molecule is COc1cccc(N)c1C(=O)N(C)Cc1ccccc1C. The molecule has 0 heterocycles. The van der Waals surface area contributed by atoms with Crippen molar-refractivity contribution in [1.82, 2.24) is 4.90 Å². The van der Waals surface area contributed by atoms with Crippen LogP contribution >= 0.6 is 0 Å². The third kappa shape index (κ3) is 3.16. The number of nitrogen functional groups attached to an aromatic ring is 1. The van der Waals surface area contributed by atoms with E-state index in [0.717, 1.165) is 11.1 Å². The van der Waals surface area contributed by atoms with Crippen molar-refractivity contribution in [3.63, 3.8) is 0 Å². The number of carbonyl (C=O) groups is 1. The Labute approximate surface area is 125 Å². The van der Waals surface area contributed by atoms with Crippen molar-refractivity contribution in [2.24, 2.45) is 0 Å². The number of carbonyl (C=O) groups excluding carboxylic acids is 1. The molecule has 0 aromatic heterocycles. The van der Waals surface area contributed by atoms with Crippen LogP contribution in [-0.4, -0.2) is 25.0 Å². The number of rotatable bonds is 4. The zero-order valence-electron chi connectivity index (χ0n) is 12.6. The maximum absolute atomic E-state index is 12.6. The minimum absolute atomic E-state index is 0.145. The second-order valence-corrected chi connectivity index (χ2v) is 5.01. The summed E-state index contributed by atoms with van der Waals surface area (Å²) in [7, 11) is 3.30. The van der Waals surface area contributed by atoms with Crippen molar-refractivity contribution in [1.29, 1.82) is 0 Å². The van der Waals surface area contributed by atoms with Crippen molar-refractivity contribution in [2.75, 3.05) is 19.9 Å². The minimum atomic E-state index is -0.145. The standard InChI is InChI=1S/C17H20N2O2/c1-12-7-4-5-8-13(12)11-19(2)17(20)16-14(18)9-6-10-15(16)21-3/h4-10H,11,18H2,1-3H3. The van der Waals surface area contributed by atoms with Crippen LogP contribution < -0.4 is 10.5 Å². The van der Waals surface area contributed by atoms with Gasteiger partial charge < -0.3 is 15.4 Å². The van der Waals surface area contributed by atoms with Gasteiger partial charge in [-0.15, -0.1) is 0 Å². The van der Waals surface area contributed by atoms with Crippen LogP contribution in [-0.2, 0) is 6.54 Å². The summed E-state index contributed by atoms with van der Waals surface area (Å²) in [4.78, 5) is 14.3. The lowest BCUT2D eigenvalue weighted by Crippen LogP contribution is -2.27. The van der Waals surface area contributed by atoms with E-state index in [9.17, 15) is 4.79 Å². The molecule has 2 rings (SSSR count). The van der Waals surface area contributed by atoms with Gasteiger partial charge in [0.25, 0.3) is 5.91 Å². The minimum Gasteiger partial charge on any atom is -0.496 e. The van der Waals surface area contributed by atoms with Crippen molar-refractivity contribution in [2.45, 2.75) is 13.5 Å². The number of ether oxygens (including phenoxy) is 1. The largest absolute Gasteiger partial charge is 0.496 e. The van der Waals surface area contributed by atoms with Gasteiger partial charge in [0.1, 0.15) is 11.3 Å². The number of aryl methyl sites for hydroxylation is 1. The number of nitrogens with two attached hydrogens (primary N) is 1. The van der Waals surface area contributed by atoms with Crippen LogP contribution in [0.15, 0.2) is 42.5 Å². The predicted molar refractivity (Wildman–Crippen MR) is 84.4 cm³/mol. The van der Waals surface area contributed by atoms with Crippen LogP contribution in [0.25, 0.3) is 0 Å². The van der Waals surface area contributed by atoms with Gasteiger partial charge in [0, 0.05) is 19.3 Å². The summed E-state index contributed by atoms with van der Waals surface area (Å²) in [6, 6.07) is 13.2.